The van der Waals surface area contributed by atoms with Crippen LogP contribution in [0.25, 0.3) is 11.0 Å². The van der Waals surface area contributed by atoms with Gasteiger partial charge >= 0.3 is 0 Å². The number of aryl methyl sites for hydroxylation is 1. The number of fused-ring (bicyclic) bond motifs is 1. The molecule has 2 rings (SSSR count). The zero-order valence-electron chi connectivity index (χ0n) is 12.5. The monoisotopic (exact) mass is 276 g/mol. The highest BCUT2D eigenvalue weighted by atomic mass is 16.5. The molecule has 1 aromatic heterocycles. The Bertz CT molecular complexity index is 698. The number of hydrogen-bond donors (Lipinski definition) is 1. The summed E-state index contributed by atoms with van der Waals surface area (Å²) in [6.07, 6.45) is -0.583. The van der Waals surface area contributed by atoms with Crippen LogP contribution in [-0.4, -0.2) is 18.3 Å². The van der Waals surface area contributed by atoms with Crippen molar-refractivity contribution in [2.75, 3.05) is 7.11 Å². The lowest BCUT2D eigenvalue weighted by Gasteiger charge is -2.17. The fourth-order valence-electron chi connectivity index (χ4n) is 2.36. The first kappa shape index (κ1) is 14.6. The quantitative estimate of drug-likeness (QED) is 0.936. The van der Waals surface area contributed by atoms with Crippen molar-refractivity contribution in [3.8, 4) is 5.75 Å². The van der Waals surface area contributed by atoms with Gasteiger partial charge in [-0.05, 0) is 32.9 Å². The standard InChI is InChI=1S/C16H20O4/c1-8(11(4)17)15-10(3)14(18)12-6-7-13(19-5)9(2)16(12)20-15/h6-8,11,17H,1-5H3. The van der Waals surface area contributed by atoms with Crippen LogP contribution in [0.3, 0.4) is 0 Å². The Kier molecular flexibility index (Phi) is 3.86. The highest BCUT2D eigenvalue weighted by Crippen LogP contribution is 2.30. The minimum Gasteiger partial charge on any atom is -0.496 e. The van der Waals surface area contributed by atoms with Crippen LogP contribution in [0.15, 0.2) is 21.3 Å². The van der Waals surface area contributed by atoms with Gasteiger partial charge in [0.05, 0.1) is 18.6 Å². The van der Waals surface area contributed by atoms with E-state index in [4.69, 9.17) is 9.15 Å². The number of aliphatic hydroxyl groups excluding tert-OH is 1. The number of ether oxygens (including phenoxy) is 1. The average Bonchev–Trinajstić information content (AvgIpc) is 2.42. The molecule has 0 fully saturated rings. The van der Waals surface area contributed by atoms with Gasteiger partial charge in [0.1, 0.15) is 17.1 Å². The number of rotatable bonds is 3. The zero-order chi connectivity index (χ0) is 15.0. The van der Waals surface area contributed by atoms with E-state index in [1.165, 1.54) is 0 Å². The van der Waals surface area contributed by atoms with Gasteiger partial charge in [0.15, 0.2) is 5.43 Å². The largest absolute Gasteiger partial charge is 0.496 e. The molecule has 0 saturated heterocycles. The molecule has 0 radical (unpaired) electrons. The average molecular weight is 276 g/mol. The van der Waals surface area contributed by atoms with Gasteiger partial charge in [-0.3, -0.25) is 4.79 Å². The van der Waals surface area contributed by atoms with Gasteiger partial charge in [-0.2, -0.15) is 0 Å². The maximum Gasteiger partial charge on any atom is 0.195 e. The van der Waals surface area contributed by atoms with E-state index in [1.807, 2.05) is 13.8 Å². The molecule has 2 unspecified atom stereocenters. The summed E-state index contributed by atoms with van der Waals surface area (Å²) in [7, 11) is 1.58. The van der Waals surface area contributed by atoms with E-state index in [0.717, 1.165) is 5.56 Å². The van der Waals surface area contributed by atoms with E-state index < -0.39 is 6.10 Å². The summed E-state index contributed by atoms with van der Waals surface area (Å²) in [5.41, 5.74) is 1.82. The van der Waals surface area contributed by atoms with Gasteiger partial charge in [-0.15, -0.1) is 0 Å². The predicted molar refractivity (Wildman–Crippen MR) is 78.6 cm³/mol. The Morgan fingerprint density at radius 2 is 1.85 bits per heavy atom. The van der Waals surface area contributed by atoms with Gasteiger partial charge in [-0.1, -0.05) is 6.92 Å². The second kappa shape index (κ2) is 5.29. The van der Waals surface area contributed by atoms with Crippen LogP contribution in [0.4, 0.5) is 0 Å². The van der Waals surface area contributed by atoms with Crippen molar-refractivity contribution < 1.29 is 14.3 Å². The zero-order valence-corrected chi connectivity index (χ0v) is 12.5. The van der Waals surface area contributed by atoms with Crippen LogP contribution < -0.4 is 10.2 Å². The maximum absolute atomic E-state index is 12.4. The topological polar surface area (TPSA) is 59.7 Å². The molecule has 1 N–H and O–H groups in total. The van der Waals surface area contributed by atoms with Crippen molar-refractivity contribution in [3.63, 3.8) is 0 Å². The second-order valence-electron chi connectivity index (χ2n) is 5.22. The van der Waals surface area contributed by atoms with Gasteiger partial charge in [-0.25, -0.2) is 0 Å². The Morgan fingerprint density at radius 1 is 1.20 bits per heavy atom. The highest BCUT2D eigenvalue weighted by molar-refractivity contribution is 5.82. The van der Waals surface area contributed by atoms with Gasteiger partial charge in [0.25, 0.3) is 0 Å². The molecule has 2 atom stereocenters. The Balaban J connectivity index is 2.83. The number of hydrogen-bond acceptors (Lipinski definition) is 4. The summed E-state index contributed by atoms with van der Waals surface area (Å²) in [5, 5.41) is 10.3. The molecule has 1 aromatic carbocycles. The van der Waals surface area contributed by atoms with Crippen LogP contribution in [0.2, 0.25) is 0 Å². The van der Waals surface area contributed by atoms with Crippen molar-refractivity contribution in [1.82, 2.24) is 0 Å². The molecular formula is C16H20O4. The molecule has 0 bridgehead atoms. The van der Waals surface area contributed by atoms with Crippen molar-refractivity contribution in [2.45, 2.75) is 39.7 Å². The molecule has 0 aliphatic rings. The lowest BCUT2D eigenvalue weighted by Crippen LogP contribution is -2.17. The fourth-order valence-corrected chi connectivity index (χ4v) is 2.36. The smallest absolute Gasteiger partial charge is 0.195 e. The van der Waals surface area contributed by atoms with Gasteiger partial charge in [0.2, 0.25) is 0 Å². The molecule has 108 valence electrons. The first-order chi connectivity index (χ1) is 9.38. The second-order valence-corrected chi connectivity index (χ2v) is 5.22. The number of methoxy groups -OCH3 is 1. The van der Waals surface area contributed by atoms with E-state index in [1.54, 1.807) is 33.1 Å². The van der Waals surface area contributed by atoms with Gasteiger partial charge < -0.3 is 14.3 Å². The molecule has 4 heteroatoms. The molecule has 4 nitrogen and oxygen atoms in total. The van der Waals surface area contributed by atoms with E-state index in [9.17, 15) is 9.90 Å². The first-order valence-electron chi connectivity index (χ1n) is 6.67. The molecule has 20 heavy (non-hydrogen) atoms. The Labute approximate surface area is 118 Å². The van der Waals surface area contributed by atoms with Crippen molar-refractivity contribution in [3.05, 3.63) is 39.2 Å². The molecule has 0 spiro atoms. The number of benzene rings is 1. The molecule has 0 aliphatic carbocycles. The Morgan fingerprint density at radius 3 is 2.40 bits per heavy atom. The third-order valence-electron chi connectivity index (χ3n) is 3.88. The Hall–Kier alpha value is -1.81. The van der Waals surface area contributed by atoms with E-state index >= 15 is 0 Å². The van der Waals surface area contributed by atoms with Crippen LogP contribution in [-0.2, 0) is 0 Å². The third kappa shape index (κ3) is 2.20. The summed E-state index contributed by atoms with van der Waals surface area (Å²) in [6.45, 7) is 7.12. The fraction of sp³-hybridized carbons (Fsp3) is 0.438. The molecule has 0 aliphatic heterocycles. The third-order valence-corrected chi connectivity index (χ3v) is 3.88. The summed E-state index contributed by atoms with van der Waals surface area (Å²) >= 11 is 0. The minimum atomic E-state index is -0.583. The SMILES string of the molecule is COc1ccc2c(=O)c(C)c(C(C)C(C)O)oc2c1C. The minimum absolute atomic E-state index is 0.0560. The van der Waals surface area contributed by atoms with Crippen molar-refractivity contribution >= 4 is 11.0 Å². The first-order valence-corrected chi connectivity index (χ1v) is 6.67. The molecule has 2 aromatic rings. The van der Waals surface area contributed by atoms with Crippen molar-refractivity contribution in [2.24, 2.45) is 0 Å². The van der Waals surface area contributed by atoms with Gasteiger partial charge in [0, 0.05) is 17.0 Å². The van der Waals surface area contributed by atoms with Crippen LogP contribution in [0, 0.1) is 13.8 Å². The summed E-state index contributed by atoms with van der Waals surface area (Å²) in [6, 6.07) is 3.49. The highest BCUT2D eigenvalue weighted by Gasteiger charge is 2.21. The molecule has 0 amide bonds. The molecule has 1 heterocycles. The predicted octanol–water partition coefficient (Wildman–Crippen LogP) is 2.90. The van der Waals surface area contributed by atoms with Crippen LogP contribution >= 0.6 is 0 Å². The molecular weight excluding hydrogens is 256 g/mol. The lowest BCUT2D eigenvalue weighted by atomic mass is 9.97. The van der Waals surface area contributed by atoms with Crippen LogP contribution in [0.1, 0.15) is 36.7 Å². The van der Waals surface area contributed by atoms with E-state index in [0.29, 0.717) is 28.0 Å². The number of aliphatic hydroxyl groups is 1. The molecule has 0 saturated carbocycles. The lowest BCUT2D eigenvalue weighted by molar-refractivity contribution is 0.158. The summed E-state index contributed by atoms with van der Waals surface area (Å²) in [4.78, 5) is 12.4. The normalized spacial score (nSPS) is 14.3. The summed E-state index contributed by atoms with van der Waals surface area (Å²) < 4.78 is 11.2. The van der Waals surface area contributed by atoms with Crippen LogP contribution in [0.5, 0.6) is 5.75 Å². The van der Waals surface area contributed by atoms with E-state index in [-0.39, 0.29) is 11.3 Å². The maximum atomic E-state index is 12.4. The van der Waals surface area contributed by atoms with Crippen molar-refractivity contribution in [1.29, 1.82) is 0 Å². The summed E-state index contributed by atoms with van der Waals surface area (Å²) in [5.74, 6) is 0.978. The van der Waals surface area contributed by atoms with E-state index in [2.05, 4.69) is 0 Å².